The van der Waals surface area contributed by atoms with E-state index in [0.29, 0.717) is 12.5 Å². The van der Waals surface area contributed by atoms with E-state index in [2.05, 4.69) is 22.0 Å². The van der Waals surface area contributed by atoms with Crippen LogP contribution < -0.4 is 4.90 Å². The Bertz CT molecular complexity index is 281. The molecule has 0 saturated carbocycles. The van der Waals surface area contributed by atoms with Crippen LogP contribution in [0.5, 0.6) is 0 Å². The third-order valence-electron chi connectivity index (χ3n) is 2.52. The summed E-state index contributed by atoms with van der Waals surface area (Å²) in [5, 5.41) is 17.5. The molecule has 1 aromatic heterocycles. The van der Waals surface area contributed by atoms with Gasteiger partial charge in [0.25, 0.3) is 0 Å². The Morgan fingerprint density at radius 2 is 2.36 bits per heavy atom. The standard InChI is InChI=1S/C10H15N3O/c1-8-5-9(14)7-13(6-8)10-3-2-4-11-12-10/h2-4,8-9,14H,5-7H2,1H3/t8-,9+/m1/s1. The Labute approximate surface area is 83.6 Å². The van der Waals surface area contributed by atoms with Crippen LogP contribution in [-0.4, -0.2) is 34.5 Å². The van der Waals surface area contributed by atoms with Crippen molar-refractivity contribution in [1.82, 2.24) is 10.2 Å². The lowest BCUT2D eigenvalue weighted by Gasteiger charge is -2.34. The van der Waals surface area contributed by atoms with Crippen LogP contribution in [0.25, 0.3) is 0 Å². The fraction of sp³-hybridized carbons (Fsp3) is 0.600. The number of piperidine rings is 1. The van der Waals surface area contributed by atoms with Crippen molar-refractivity contribution in [3.8, 4) is 0 Å². The van der Waals surface area contributed by atoms with Gasteiger partial charge in [0.05, 0.1) is 6.10 Å². The molecular formula is C10H15N3O. The lowest BCUT2D eigenvalue weighted by atomic mass is 9.98. The van der Waals surface area contributed by atoms with Crippen LogP contribution in [0.3, 0.4) is 0 Å². The van der Waals surface area contributed by atoms with Crippen LogP contribution in [0, 0.1) is 5.92 Å². The van der Waals surface area contributed by atoms with Crippen LogP contribution in [0.2, 0.25) is 0 Å². The molecule has 0 radical (unpaired) electrons. The van der Waals surface area contributed by atoms with Gasteiger partial charge in [-0.15, -0.1) is 5.10 Å². The van der Waals surface area contributed by atoms with Crippen LogP contribution in [-0.2, 0) is 0 Å². The van der Waals surface area contributed by atoms with Crippen molar-refractivity contribution >= 4 is 5.82 Å². The van der Waals surface area contributed by atoms with Gasteiger partial charge in [-0.1, -0.05) is 6.92 Å². The van der Waals surface area contributed by atoms with Crippen LogP contribution in [0.1, 0.15) is 13.3 Å². The number of hydrogen-bond acceptors (Lipinski definition) is 4. The van der Waals surface area contributed by atoms with Gasteiger partial charge < -0.3 is 10.0 Å². The van der Waals surface area contributed by atoms with Crippen LogP contribution >= 0.6 is 0 Å². The van der Waals surface area contributed by atoms with Crippen molar-refractivity contribution in [1.29, 1.82) is 0 Å². The highest BCUT2D eigenvalue weighted by molar-refractivity contribution is 5.37. The first kappa shape index (κ1) is 9.40. The van der Waals surface area contributed by atoms with Crippen molar-refractivity contribution in [2.24, 2.45) is 5.92 Å². The monoisotopic (exact) mass is 193 g/mol. The van der Waals surface area contributed by atoms with Gasteiger partial charge in [0.1, 0.15) is 0 Å². The van der Waals surface area contributed by atoms with E-state index in [9.17, 15) is 5.11 Å². The maximum Gasteiger partial charge on any atom is 0.151 e. The minimum Gasteiger partial charge on any atom is -0.391 e. The highest BCUT2D eigenvalue weighted by Gasteiger charge is 2.23. The molecule has 0 amide bonds. The summed E-state index contributed by atoms with van der Waals surface area (Å²) >= 11 is 0. The third kappa shape index (κ3) is 2.01. The second-order valence-electron chi connectivity index (χ2n) is 3.98. The molecule has 1 saturated heterocycles. The topological polar surface area (TPSA) is 49.2 Å². The lowest BCUT2D eigenvalue weighted by Crippen LogP contribution is -2.42. The molecule has 0 spiro atoms. The van der Waals surface area contributed by atoms with E-state index >= 15 is 0 Å². The summed E-state index contributed by atoms with van der Waals surface area (Å²) in [4.78, 5) is 2.09. The van der Waals surface area contributed by atoms with Gasteiger partial charge in [-0.3, -0.25) is 0 Å². The molecule has 76 valence electrons. The number of anilines is 1. The Balaban J connectivity index is 2.11. The van der Waals surface area contributed by atoms with E-state index in [1.807, 2.05) is 12.1 Å². The lowest BCUT2D eigenvalue weighted by molar-refractivity contribution is 0.132. The smallest absolute Gasteiger partial charge is 0.151 e. The zero-order chi connectivity index (χ0) is 9.97. The van der Waals surface area contributed by atoms with Crippen molar-refractivity contribution in [3.63, 3.8) is 0 Å². The molecule has 0 bridgehead atoms. The molecule has 0 aromatic carbocycles. The molecule has 14 heavy (non-hydrogen) atoms. The van der Waals surface area contributed by atoms with E-state index in [4.69, 9.17) is 0 Å². The minimum absolute atomic E-state index is 0.235. The van der Waals surface area contributed by atoms with E-state index in [-0.39, 0.29) is 6.10 Å². The molecule has 1 N–H and O–H groups in total. The first-order chi connectivity index (χ1) is 6.75. The minimum atomic E-state index is -0.235. The number of aliphatic hydroxyl groups is 1. The number of nitrogens with zero attached hydrogens (tertiary/aromatic N) is 3. The maximum absolute atomic E-state index is 9.62. The zero-order valence-electron chi connectivity index (χ0n) is 8.30. The van der Waals surface area contributed by atoms with Gasteiger partial charge >= 0.3 is 0 Å². The second kappa shape index (κ2) is 3.92. The summed E-state index contributed by atoms with van der Waals surface area (Å²) in [7, 11) is 0. The quantitative estimate of drug-likeness (QED) is 0.712. The largest absolute Gasteiger partial charge is 0.391 e. The van der Waals surface area contributed by atoms with Crippen molar-refractivity contribution < 1.29 is 5.11 Å². The summed E-state index contributed by atoms with van der Waals surface area (Å²) in [6.07, 6.45) is 2.31. The highest BCUT2D eigenvalue weighted by Crippen LogP contribution is 2.20. The van der Waals surface area contributed by atoms with Gasteiger partial charge in [-0.05, 0) is 24.5 Å². The molecule has 2 rings (SSSR count). The molecule has 4 heteroatoms. The number of hydrogen-bond donors (Lipinski definition) is 1. The van der Waals surface area contributed by atoms with Gasteiger partial charge in [0.15, 0.2) is 5.82 Å². The first-order valence-corrected chi connectivity index (χ1v) is 4.96. The Morgan fingerprint density at radius 3 is 3.00 bits per heavy atom. The number of β-amino-alcohol motifs (C(OH)–C–C–N with tert-alkyl or cyclic N) is 1. The van der Waals surface area contributed by atoms with E-state index in [0.717, 1.165) is 18.8 Å². The maximum atomic E-state index is 9.62. The summed E-state index contributed by atoms with van der Waals surface area (Å²) < 4.78 is 0. The van der Waals surface area contributed by atoms with Gasteiger partial charge in [0.2, 0.25) is 0 Å². The van der Waals surface area contributed by atoms with Crippen LogP contribution in [0.15, 0.2) is 18.3 Å². The van der Waals surface area contributed by atoms with Crippen LogP contribution in [0.4, 0.5) is 5.82 Å². The molecule has 2 heterocycles. The number of rotatable bonds is 1. The molecule has 0 aliphatic carbocycles. The Hall–Kier alpha value is -1.16. The zero-order valence-corrected chi connectivity index (χ0v) is 8.30. The van der Waals surface area contributed by atoms with Crippen molar-refractivity contribution in [2.45, 2.75) is 19.4 Å². The molecule has 2 atom stereocenters. The molecular weight excluding hydrogens is 178 g/mol. The fourth-order valence-electron chi connectivity index (χ4n) is 1.97. The first-order valence-electron chi connectivity index (χ1n) is 4.96. The number of aromatic nitrogens is 2. The van der Waals surface area contributed by atoms with Gasteiger partial charge in [0, 0.05) is 19.3 Å². The molecule has 1 aliphatic rings. The third-order valence-corrected chi connectivity index (χ3v) is 2.52. The molecule has 1 fully saturated rings. The van der Waals surface area contributed by atoms with Crippen molar-refractivity contribution in [2.75, 3.05) is 18.0 Å². The summed E-state index contributed by atoms with van der Waals surface area (Å²) in [6.45, 7) is 3.77. The second-order valence-corrected chi connectivity index (χ2v) is 3.98. The predicted molar refractivity (Wildman–Crippen MR) is 54.0 cm³/mol. The summed E-state index contributed by atoms with van der Waals surface area (Å²) in [5.74, 6) is 1.37. The Kier molecular flexibility index (Phi) is 2.63. The van der Waals surface area contributed by atoms with Gasteiger partial charge in [-0.25, -0.2) is 0 Å². The average Bonchev–Trinajstić information content (AvgIpc) is 2.18. The molecule has 1 aliphatic heterocycles. The molecule has 0 unspecified atom stereocenters. The SMILES string of the molecule is C[C@@H]1C[C@H](O)CN(c2cccnn2)C1. The molecule has 4 nitrogen and oxygen atoms in total. The fourth-order valence-corrected chi connectivity index (χ4v) is 1.97. The summed E-state index contributed by atoms with van der Waals surface area (Å²) in [5.41, 5.74) is 0. The Morgan fingerprint density at radius 1 is 1.50 bits per heavy atom. The predicted octanol–water partition coefficient (Wildman–Crippen LogP) is 0.684. The van der Waals surface area contributed by atoms with E-state index in [1.54, 1.807) is 6.20 Å². The van der Waals surface area contributed by atoms with E-state index < -0.39 is 0 Å². The molecule has 1 aromatic rings. The van der Waals surface area contributed by atoms with Gasteiger partial charge in [-0.2, -0.15) is 5.10 Å². The van der Waals surface area contributed by atoms with E-state index in [1.165, 1.54) is 0 Å². The van der Waals surface area contributed by atoms with Crippen molar-refractivity contribution in [3.05, 3.63) is 18.3 Å². The summed E-state index contributed by atoms with van der Waals surface area (Å²) in [6, 6.07) is 3.80. The number of aliphatic hydroxyl groups excluding tert-OH is 1. The highest BCUT2D eigenvalue weighted by atomic mass is 16.3. The average molecular weight is 193 g/mol. The normalized spacial score (nSPS) is 27.7.